The summed E-state index contributed by atoms with van der Waals surface area (Å²) in [6.45, 7) is 0.885. The first-order valence-corrected chi connectivity index (χ1v) is 7.74. The summed E-state index contributed by atoms with van der Waals surface area (Å²) in [7, 11) is 0. The molecular weight excluding hydrogens is 312 g/mol. The lowest BCUT2D eigenvalue weighted by molar-refractivity contribution is -0.122. The molecule has 1 saturated heterocycles. The zero-order chi connectivity index (χ0) is 16.8. The number of carbonyl (C=O) groups excluding carboxylic acids is 2. The van der Waals surface area contributed by atoms with Crippen LogP contribution in [0.2, 0.25) is 0 Å². The maximum atomic E-state index is 11.7. The van der Waals surface area contributed by atoms with Crippen LogP contribution in [0.4, 0.5) is 4.79 Å². The number of rotatable bonds is 5. The maximum absolute atomic E-state index is 11.7. The summed E-state index contributed by atoms with van der Waals surface area (Å²) in [5.41, 5.74) is 0.906. The molecule has 0 saturated carbocycles. The van der Waals surface area contributed by atoms with E-state index in [1.807, 2.05) is 30.3 Å². The van der Waals surface area contributed by atoms with Gasteiger partial charge in [0.2, 0.25) is 11.8 Å². The summed E-state index contributed by atoms with van der Waals surface area (Å²) in [6, 6.07) is 9.40. The van der Waals surface area contributed by atoms with Crippen molar-refractivity contribution in [3.8, 4) is 0 Å². The minimum atomic E-state index is -0.560. The van der Waals surface area contributed by atoms with Gasteiger partial charge < -0.3 is 19.9 Å². The van der Waals surface area contributed by atoms with Crippen LogP contribution in [0.1, 0.15) is 36.0 Å². The molecular formula is C16H18N4O4. The molecule has 1 unspecified atom stereocenters. The largest absolute Gasteiger partial charge is 0.445 e. The van der Waals surface area contributed by atoms with Gasteiger partial charge in [0.25, 0.3) is 0 Å². The summed E-state index contributed by atoms with van der Waals surface area (Å²) in [6.07, 6.45) is 0.568. The molecule has 0 radical (unpaired) electrons. The first kappa shape index (κ1) is 16.0. The van der Waals surface area contributed by atoms with Gasteiger partial charge in [0, 0.05) is 18.9 Å². The molecule has 8 nitrogen and oxygen atoms in total. The Morgan fingerprint density at radius 2 is 2.21 bits per heavy atom. The predicted octanol–water partition coefficient (Wildman–Crippen LogP) is 1.49. The molecule has 1 aliphatic heterocycles. The number of ether oxygens (including phenoxy) is 1. The molecule has 1 aromatic carbocycles. The van der Waals surface area contributed by atoms with Gasteiger partial charge in [-0.05, 0) is 12.0 Å². The van der Waals surface area contributed by atoms with Gasteiger partial charge in [0.1, 0.15) is 13.2 Å². The molecule has 2 N–H and O–H groups in total. The predicted molar refractivity (Wildman–Crippen MR) is 82.7 cm³/mol. The van der Waals surface area contributed by atoms with E-state index in [9.17, 15) is 9.59 Å². The highest BCUT2D eigenvalue weighted by Crippen LogP contribution is 2.22. The summed E-state index contributed by atoms with van der Waals surface area (Å²) >= 11 is 0. The van der Waals surface area contributed by atoms with Crippen LogP contribution in [-0.2, 0) is 22.7 Å². The van der Waals surface area contributed by atoms with Gasteiger partial charge in [-0.15, -0.1) is 0 Å². The van der Waals surface area contributed by atoms with Crippen LogP contribution in [-0.4, -0.2) is 28.7 Å². The van der Waals surface area contributed by atoms with Crippen molar-refractivity contribution in [2.24, 2.45) is 0 Å². The Labute approximate surface area is 138 Å². The van der Waals surface area contributed by atoms with Crippen molar-refractivity contribution in [3.05, 3.63) is 47.6 Å². The number of aromatic nitrogens is 2. The van der Waals surface area contributed by atoms with E-state index in [0.29, 0.717) is 18.8 Å². The van der Waals surface area contributed by atoms with E-state index < -0.39 is 6.09 Å². The van der Waals surface area contributed by atoms with Crippen LogP contribution in [0.3, 0.4) is 0 Å². The zero-order valence-electron chi connectivity index (χ0n) is 13.0. The Kier molecular flexibility index (Phi) is 5.05. The number of amides is 2. The highest BCUT2D eigenvalue weighted by atomic mass is 16.5. The van der Waals surface area contributed by atoms with Gasteiger partial charge >= 0.3 is 6.09 Å². The Hall–Kier alpha value is -2.90. The topological polar surface area (TPSA) is 106 Å². The average Bonchev–Trinajstić information content (AvgIpc) is 3.08. The van der Waals surface area contributed by atoms with Gasteiger partial charge in [-0.25, -0.2) is 4.79 Å². The zero-order valence-corrected chi connectivity index (χ0v) is 13.0. The van der Waals surface area contributed by atoms with Gasteiger partial charge in [-0.2, -0.15) is 4.98 Å². The lowest BCUT2D eigenvalue weighted by Gasteiger charge is -2.18. The molecule has 1 atom stereocenters. The van der Waals surface area contributed by atoms with Crippen molar-refractivity contribution >= 4 is 12.0 Å². The van der Waals surface area contributed by atoms with E-state index in [1.165, 1.54) is 0 Å². The normalized spacial score (nSPS) is 17.2. The Morgan fingerprint density at radius 1 is 1.38 bits per heavy atom. The van der Waals surface area contributed by atoms with Crippen molar-refractivity contribution in [2.75, 3.05) is 6.54 Å². The van der Waals surface area contributed by atoms with Crippen molar-refractivity contribution in [1.29, 1.82) is 0 Å². The smallest absolute Gasteiger partial charge is 0.407 e. The van der Waals surface area contributed by atoms with Crippen LogP contribution in [0.25, 0.3) is 0 Å². The quantitative estimate of drug-likeness (QED) is 0.860. The van der Waals surface area contributed by atoms with Crippen molar-refractivity contribution in [3.63, 3.8) is 0 Å². The molecule has 0 aliphatic carbocycles. The monoisotopic (exact) mass is 330 g/mol. The minimum Gasteiger partial charge on any atom is -0.445 e. The van der Waals surface area contributed by atoms with E-state index in [2.05, 4.69) is 20.8 Å². The number of nitrogens with one attached hydrogen (secondary N) is 2. The van der Waals surface area contributed by atoms with Crippen LogP contribution < -0.4 is 10.6 Å². The van der Waals surface area contributed by atoms with Gasteiger partial charge in [0.15, 0.2) is 5.82 Å². The molecule has 2 amide bonds. The Morgan fingerprint density at radius 3 is 3.00 bits per heavy atom. The third-order valence-electron chi connectivity index (χ3n) is 3.69. The van der Waals surface area contributed by atoms with E-state index in [0.717, 1.165) is 12.0 Å². The number of hydrogen-bond donors (Lipinski definition) is 2. The first-order chi connectivity index (χ1) is 11.7. The molecule has 126 valence electrons. The molecule has 3 rings (SSSR count). The van der Waals surface area contributed by atoms with Crippen molar-refractivity contribution < 1.29 is 18.8 Å². The second-order valence-electron chi connectivity index (χ2n) is 5.50. The number of alkyl carbamates (subject to hydrolysis) is 1. The summed E-state index contributed by atoms with van der Waals surface area (Å²) in [5, 5.41) is 9.20. The SMILES string of the molecule is O=C1CC(c2noc(CNC(=O)OCc3ccccc3)n2)CCN1. The molecule has 0 bridgehead atoms. The van der Waals surface area contributed by atoms with Crippen LogP contribution in [0.5, 0.6) is 0 Å². The fourth-order valence-electron chi connectivity index (χ4n) is 2.43. The van der Waals surface area contributed by atoms with Gasteiger partial charge in [-0.1, -0.05) is 35.5 Å². The van der Waals surface area contributed by atoms with Crippen LogP contribution >= 0.6 is 0 Å². The molecule has 8 heteroatoms. The summed E-state index contributed by atoms with van der Waals surface area (Å²) in [4.78, 5) is 27.3. The molecule has 0 spiro atoms. The number of carbonyl (C=O) groups is 2. The number of piperidine rings is 1. The van der Waals surface area contributed by atoms with Gasteiger partial charge in [-0.3, -0.25) is 4.79 Å². The third kappa shape index (κ3) is 4.31. The van der Waals surface area contributed by atoms with Crippen LogP contribution in [0.15, 0.2) is 34.9 Å². The summed E-state index contributed by atoms with van der Waals surface area (Å²) < 4.78 is 10.2. The number of hydrogen-bond acceptors (Lipinski definition) is 6. The molecule has 2 heterocycles. The van der Waals surface area contributed by atoms with Gasteiger partial charge in [0.05, 0.1) is 0 Å². The molecule has 1 aliphatic rings. The molecule has 1 aromatic heterocycles. The number of nitrogens with zero attached hydrogens (tertiary/aromatic N) is 2. The standard InChI is InChI=1S/C16H18N4O4/c21-13-8-12(6-7-17-13)15-19-14(24-20-15)9-18-16(22)23-10-11-4-2-1-3-5-11/h1-5,12H,6-10H2,(H,17,21)(H,18,22). The molecule has 24 heavy (non-hydrogen) atoms. The fraction of sp³-hybridized carbons (Fsp3) is 0.375. The van der Waals surface area contributed by atoms with Crippen molar-refractivity contribution in [1.82, 2.24) is 20.8 Å². The van der Waals surface area contributed by atoms with Crippen molar-refractivity contribution in [2.45, 2.75) is 31.9 Å². The van der Waals surface area contributed by atoms with E-state index in [1.54, 1.807) is 0 Å². The minimum absolute atomic E-state index is 0.0137. The second kappa shape index (κ2) is 7.58. The van der Waals surface area contributed by atoms with E-state index in [-0.39, 0.29) is 30.9 Å². The maximum Gasteiger partial charge on any atom is 0.407 e. The second-order valence-corrected chi connectivity index (χ2v) is 5.50. The van der Waals surface area contributed by atoms with Crippen LogP contribution in [0, 0.1) is 0 Å². The average molecular weight is 330 g/mol. The lowest BCUT2D eigenvalue weighted by atomic mass is 9.97. The van der Waals surface area contributed by atoms with E-state index in [4.69, 9.17) is 9.26 Å². The highest BCUT2D eigenvalue weighted by Gasteiger charge is 2.25. The fourth-order valence-corrected chi connectivity index (χ4v) is 2.43. The number of benzene rings is 1. The lowest BCUT2D eigenvalue weighted by Crippen LogP contribution is -2.32. The Balaban J connectivity index is 1.45. The molecule has 2 aromatic rings. The molecule has 1 fully saturated rings. The van der Waals surface area contributed by atoms with E-state index >= 15 is 0 Å². The first-order valence-electron chi connectivity index (χ1n) is 7.74. The highest BCUT2D eigenvalue weighted by molar-refractivity contribution is 5.77. The third-order valence-corrected chi connectivity index (χ3v) is 3.69. The summed E-state index contributed by atoms with van der Waals surface area (Å²) in [5.74, 6) is 0.730. The Bertz CT molecular complexity index is 701.